The molecular weight excluding hydrogens is 216 g/mol. The van der Waals surface area contributed by atoms with Crippen LogP contribution in [0.1, 0.15) is 23.1 Å². The van der Waals surface area contributed by atoms with Crippen molar-refractivity contribution in [3.8, 4) is 0 Å². The average molecular weight is 228 g/mol. The summed E-state index contributed by atoms with van der Waals surface area (Å²) < 4.78 is 22.3. The van der Waals surface area contributed by atoms with Crippen molar-refractivity contribution in [2.45, 2.75) is 19.1 Å². The van der Waals surface area contributed by atoms with Gasteiger partial charge in [0.05, 0.1) is 0 Å². The van der Waals surface area contributed by atoms with Crippen molar-refractivity contribution in [3.05, 3.63) is 23.8 Å². The van der Waals surface area contributed by atoms with Gasteiger partial charge in [-0.1, -0.05) is 0 Å². The number of Topliss-reactive ketones (excluding diaryl/α,β-unsaturated/α-hetero) is 1. The van der Waals surface area contributed by atoms with Gasteiger partial charge in [0.25, 0.3) is 0 Å². The molecule has 0 N–H and O–H groups in total. The molecule has 6 heteroatoms. The maximum Gasteiger partial charge on any atom is 0.217 e. The minimum absolute atomic E-state index is 0.0569. The van der Waals surface area contributed by atoms with Gasteiger partial charge < -0.3 is 0 Å². The number of ketones is 1. The van der Waals surface area contributed by atoms with Gasteiger partial charge in [-0.2, -0.15) is 0 Å². The van der Waals surface area contributed by atoms with Crippen molar-refractivity contribution in [1.29, 1.82) is 0 Å². The highest BCUT2D eigenvalue weighted by molar-refractivity contribution is 7.92. The number of aryl methyl sites for hydroxylation is 1. The highest BCUT2D eigenvalue weighted by Crippen LogP contribution is 2.05. The maximum atomic E-state index is 11.6. The van der Waals surface area contributed by atoms with Crippen LogP contribution in [0, 0.1) is 6.92 Å². The largest absolute Gasteiger partial charge is 0.289 e. The van der Waals surface area contributed by atoms with Gasteiger partial charge in [0.2, 0.25) is 5.78 Å². The number of aromatic nitrogens is 2. The van der Waals surface area contributed by atoms with Crippen LogP contribution in [-0.2, 0) is 9.84 Å². The zero-order valence-electron chi connectivity index (χ0n) is 8.76. The normalized spacial score (nSPS) is 13.5. The van der Waals surface area contributed by atoms with Gasteiger partial charge in [-0.15, -0.1) is 0 Å². The Morgan fingerprint density at radius 3 is 2.20 bits per heavy atom. The third kappa shape index (κ3) is 2.82. The Kier molecular flexibility index (Phi) is 3.18. The van der Waals surface area contributed by atoms with Crippen LogP contribution in [0.25, 0.3) is 0 Å². The zero-order valence-corrected chi connectivity index (χ0v) is 9.58. The summed E-state index contributed by atoms with van der Waals surface area (Å²) in [4.78, 5) is 19.2. The lowest BCUT2D eigenvalue weighted by molar-refractivity contribution is 0.0981. The first kappa shape index (κ1) is 11.8. The summed E-state index contributed by atoms with van der Waals surface area (Å²) >= 11 is 0. The van der Waals surface area contributed by atoms with E-state index in [9.17, 15) is 13.2 Å². The number of nitrogens with zero attached hydrogens (tertiary/aromatic N) is 2. The van der Waals surface area contributed by atoms with Gasteiger partial charge in [0.1, 0.15) is 5.25 Å². The van der Waals surface area contributed by atoms with Crippen LogP contribution in [0.4, 0.5) is 0 Å². The lowest BCUT2D eigenvalue weighted by atomic mass is 10.3. The molecule has 1 aromatic rings. The summed E-state index contributed by atoms with van der Waals surface area (Å²) in [6.45, 7) is 3.12. The van der Waals surface area contributed by atoms with Gasteiger partial charge in [0, 0.05) is 18.6 Å². The van der Waals surface area contributed by atoms with Gasteiger partial charge in [-0.3, -0.25) is 4.79 Å². The molecule has 0 fully saturated rings. The summed E-state index contributed by atoms with van der Waals surface area (Å²) in [6, 6.07) is 0. The fourth-order valence-corrected chi connectivity index (χ4v) is 1.39. The second kappa shape index (κ2) is 4.06. The van der Waals surface area contributed by atoms with Gasteiger partial charge in [-0.05, 0) is 19.4 Å². The van der Waals surface area contributed by atoms with E-state index in [0.717, 1.165) is 11.8 Å². The first-order chi connectivity index (χ1) is 6.82. The van der Waals surface area contributed by atoms with Crippen molar-refractivity contribution in [1.82, 2.24) is 9.97 Å². The van der Waals surface area contributed by atoms with Gasteiger partial charge in [0.15, 0.2) is 15.7 Å². The van der Waals surface area contributed by atoms with E-state index >= 15 is 0 Å². The van der Waals surface area contributed by atoms with E-state index in [-0.39, 0.29) is 5.82 Å². The molecule has 0 saturated carbocycles. The molecule has 82 valence electrons. The second-order valence-corrected chi connectivity index (χ2v) is 5.79. The third-order valence-electron chi connectivity index (χ3n) is 2.01. The summed E-state index contributed by atoms with van der Waals surface area (Å²) in [5.74, 6) is -0.629. The first-order valence-corrected chi connectivity index (χ1v) is 6.29. The third-order valence-corrected chi connectivity index (χ3v) is 3.51. The zero-order chi connectivity index (χ0) is 11.6. The highest BCUT2D eigenvalue weighted by Gasteiger charge is 2.26. The molecule has 0 aromatic carbocycles. The van der Waals surface area contributed by atoms with Crippen LogP contribution in [-0.4, -0.2) is 35.7 Å². The molecule has 0 radical (unpaired) electrons. The fourth-order valence-electron chi connectivity index (χ4n) is 0.896. The molecule has 0 bridgehead atoms. The minimum Gasteiger partial charge on any atom is -0.289 e. The molecule has 0 unspecified atom stereocenters. The van der Waals surface area contributed by atoms with Crippen LogP contribution in [0.2, 0.25) is 0 Å². The molecule has 1 heterocycles. The average Bonchev–Trinajstić information content (AvgIpc) is 2.15. The second-order valence-electron chi connectivity index (χ2n) is 3.42. The summed E-state index contributed by atoms with van der Waals surface area (Å²) in [6.07, 6.45) is 3.98. The monoisotopic (exact) mass is 228 g/mol. The Morgan fingerprint density at radius 1 is 1.33 bits per heavy atom. The minimum atomic E-state index is -3.39. The summed E-state index contributed by atoms with van der Waals surface area (Å²) in [5.41, 5.74) is 0.818. The number of rotatable bonds is 3. The molecule has 1 rings (SSSR count). The number of carbonyl (C=O) groups excluding carboxylic acids is 1. The lowest BCUT2D eigenvalue weighted by Crippen LogP contribution is -2.27. The Labute approximate surface area is 88.5 Å². The van der Waals surface area contributed by atoms with Crippen LogP contribution < -0.4 is 0 Å². The predicted octanol–water partition coefficient (Wildman–Crippen LogP) is 0.401. The van der Waals surface area contributed by atoms with E-state index < -0.39 is 20.9 Å². The Bertz CT molecular complexity index is 465. The molecule has 1 atom stereocenters. The van der Waals surface area contributed by atoms with Gasteiger partial charge >= 0.3 is 0 Å². The number of hydrogen-bond acceptors (Lipinski definition) is 5. The van der Waals surface area contributed by atoms with E-state index in [1.807, 2.05) is 0 Å². The molecule has 1 aromatic heterocycles. The molecule has 0 saturated heterocycles. The van der Waals surface area contributed by atoms with Gasteiger partial charge in [-0.25, -0.2) is 18.4 Å². The van der Waals surface area contributed by atoms with E-state index in [0.29, 0.717) is 0 Å². The quantitative estimate of drug-likeness (QED) is 0.700. The topological polar surface area (TPSA) is 77.0 Å². The highest BCUT2D eigenvalue weighted by atomic mass is 32.2. The van der Waals surface area contributed by atoms with Crippen LogP contribution in [0.5, 0.6) is 0 Å². The predicted molar refractivity (Wildman–Crippen MR) is 55.4 cm³/mol. The van der Waals surface area contributed by atoms with Crippen molar-refractivity contribution in [2.75, 3.05) is 6.26 Å². The SMILES string of the molecule is Cc1cnc(C(=O)[C@H](C)S(C)(=O)=O)nc1. The Morgan fingerprint density at radius 2 is 1.80 bits per heavy atom. The van der Waals surface area contributed by atoms with E-state index in [2.05, 4.69) is 9.97 Å². The van der Waals surface area contributed by atoms with Crippen molar-refractivity contribution in [3.63, 3.8) is 0 Å². The molecule has 15 heavy (non-hydrogen) atoms. The molecule has 0 aliphatic heterocycles. The number of hydrogen-bond donors (Lipinski definition) is 0. The van der Waals surface area contributed by atoms with Crippen molar-refractivity contribution < 1.29 is 13.2 Å². The fraction of sp³-hybridized carbons (Fsp3) is 0.444. The summed E-state index contributed by atoms with van der Waals surface area (Å²) in [7, 11) is -3.39. The molecular formula is C9H12N2O3S. The molecule has 0 aliphatic carbocycles. The summed E-state index contributed by atoms with van der Waals surface area (Å²) in [5, 5.41) is -1.10. The van der Waals surface area contributed by atoms with Crippen molar-refractivity contribution in [2.24, 2.45) is 0 Å². The molecule has 0 spiro atoms. The maximum absolute atomic E-state index is 11.6. The van der Waals surface area contributed by atoms with E-state index in [4.69, 9.17) is 0 Å². The Hall–Kier alpha value is -1.30. The van der Waals surface area contributed by atoms with E-state index in [1.54, 1.807) is 6.92 Å². The standard InChI is InChI=1S/C9H12N2O3S/c1-6-4-10-9(11-5-6)8(12)7(2)15(3,13)14/h4-5,7H,1-3H3/t7-/m0/s1. The lowest BCUT2D eigenvalue weighted by Gasteiger charge is -2.06. The first-order valence-electron chi connectivity index (χ1n) is 4.34. The van der Waals surface area contributed by atoms with Crippen LogP contribution in [0.3, 0.4) is 0 Å². The molecule has 0 aliphatic rings. The van der Waals surface area contributed by atoms with Crippen molar-refractivity contribution >= 4 is 15.6 Å². The van der Waals surface area contributed by atoms with E-state index in [1.165, 1.54) is 19.3 Å². The number of sulfone groups is 1. The Balaban J connectivity index is 3.01. The number of carbonyl (C=O) groups is 1. The smallest absolute Gasteiger partial charge is 0.217 e. The molecule has 5 nitrogen and oxygen atoms in total. The van der Waals surface area contributed by atoms with Crippen LogP contribution >= 0.6 is 0 Å². The van der Waals surface area contributed by atoms with Crippen LogP contribution in [0.15, 0.2) is 12.4 Å². The molecule has 0 amide bonds.